The van der Waals surface area contributed by atoms with Crippen LogP contribution in [0.25, 0.3) is 0 Å². The zero-order chi connectivity index (χ0) is 12.4. The van der Waals surface area contributed by atoms with Crippen molar-refractivity contribution in [3.05, 3.63) is 18.2 Å². The number of rotatable bonds is 3. The first-order valence-corrected chi connectivity index (χ1v) is 5.43. The Labute approximate surface area is 99.3 Å². The molecule has 5 heteroatoms. The van der Waals surface area contributed by atoms with Gasteiger partial charge >= 0.3 is 5.97 Å². The van der Waals surface area contributed by atoms with Gasteiger partial charge in [0.1, 0.15) is 17.6 Å². The van der Waals surface area contributed by atoms with E-state index >= 15 is 0 Å². The fourth-order valence-corrected chi connectivity index (χ4v) is 1.85. The maximum absolute atomic E-state index is 10.7. The first kappa shape index (κ1) is 11.6. The van der Waals surface area contributed by atoms with Gasteiger partial charge in [0.15, 0.2) is 0 Å². The summed E-state index contributed by atoms with van der Waals surface area (Å²) in [5, 5.41) is 12.0. The van der Waals surface area contributed by atoms with Crippen molar-refractivity contribution in [1.29, 1.82) is 0 Å². The summed E-state index contributed by atoms with van der Waals surface area (Å²) < 4.78 is 10.8. The van der Waals surface area contributed by atoms with E-state index in [1.54, 1.807) is 19.2 Å². The van der Waals surface area contributed by atoms with E-state index in [1.165, 1.54) is 0 Å². The molecule has 2 atom stereocenters. The summed E-state index contributed by atoms with van der Waals surface area (Å²) in [6.45, 7) is 1.90. The number of hydrogen-bond donors (Lipinski definition) is 2. The number of benzene rings is 1. The second kappa shape index (κ2) is 4.53. The average Bonchev–Trinajstić information content (AvgIpc) is 2.29. The summed E-state index contributed by atoms with van der Waals surface area (Å²) in [5.41, 5.74) is 0.832. The predicted octanol–water partition coefficient (Wildman–Crippen LogP) is 1.73. The Kier molecular flexibility index (Phi) is 3.08. The van der Waals surface area contributed by atoms with Crippen LogP contribution in [0.1, 0.15) is 13.3 Å². The summed E-state index contributed by atoms with van der Waals surface area (Å²) in [6, 6.07) is 5.35. The summed E-state index contributed by atoms with van der Waals surface area (Å²) >= 11 is 0. The molecule has 1 heterocycles. The van der Waals surface area contributed by atoms with E-state index in [0.29, 0.717) is 5.75 Å². The van der Waals surface area contributed by atoms with Crippen LogP contribution >= 0.6 is 0 Å². The molecule has 0 aromatic heterocycles. The summed E-state index contributed by atoms with van der Waals surface area (Å²) in [6.07, 6.45) is -0.368. The van der Waals surface area contributed by atoms with Gasteiger partial charge in [-0.25, -0.2) is 0 Å². The molecule has 0 radical (unpaired) electrons. The fraction of sp³-hybridized carbons (Fsp3) is 0.417. The van der Waals surface area contributed by atoms with Gasteiger partial charge in [0.2, 0.25) is 0 Å². The molecule has 0 aliphatic carbocycles. The van der Waals surface area contributed by atoms with Gasteiger partial charge < -0.3 is 19.9 Å². The van der Waals surface area contributed by atoms with Gasteiger partial charge in [-0.1, -0.05) is 0 Å². The Morgan fingerprint density at radius 3 is 3.00 bits per heavy atom. The lowest BCUT2D eigenvalue weighted by Gasteiger charge is -2.32. The van der Waals surface area contributed by atoms with Crippen LogP contribution in [0.5, 0.6) is 11.5 Å². The van der Waals surface area contributed by atoms with E-state index in [9.17, 15) is 4.79 Å². The Morgan fingerprint density at radius 1 is 1.59 bits per heavy atom. The standard InChI is InChI=1S/C12H15NO4/c1-7-11(6-12(14)15)17-10-4-3-8(16-2)5-9(10)13-7/h3-5,7,11,13H,6H2,1-2H3,(H,14,15). The van der Waals surface area contributed by atoms with Crippen molar-refractivity contribution < 1.29 is 19.4 Å². The second-order valence-electron chi connectivity index (χ2n) is 4.05. The van der Waals surface area contributed by atoms with Crippen molar-refractivity contribution >= 4 is 11.7 Å². The van der Waals surface area contributed by atoms with Crippen LogP contribution in [0.4, 0.5) is 5.69 Å². The third kappa shape index (κ3) is 2.43. The van der Waals surface area contributed by atoms with Crippen LogP contribution in [0.2, 0.25) is 0 Å². The Bertz CT molecular complexity index is 433. The Morgan fingerprint density at radius 2 is 2.35 bits per heavy atom. The highest BCUT2D eigenvalue weighted by molar-refractivity contribution is 5.69. The van der Waals surface area contributed by atoms with Crippen LogP contribution < -0.4 is 14.8 Å². The van der Waals surface area contributed by atoms with Crippen LogP contribution in [0.3, 0.4) is 0 Å². The van der Waals surface area contributed by atoms with Gasteiger partial charge in [0, 0.05) is 6.07 Å². The van der Waals surface area contributed by atoms with Crippen molar-refractivity contribution in [2.45, 2.75) is 25.5 Å². The van der Waals surface area contributed by atoms with E-state index in [-0.39, 0.29) is 18.6 Å². The Hall–Kier alpha value is -1.91. The lowest BCUT2D eigenvalue weighted by Crippen LogP contribution is -2.40. The van der Waals surface area contributed by atoms with Crippen LogP contribution in [0, 0.1) is 0 Å². The third-order valence-corrected chi connectivity index (χ3v) is 2.78. The number of carboxylic acids is 1. The zero-order valence-electron chi connectivity index (χ0n) is 9.77. The fourth-order valence-electron chi connectivity index (χ4n) is 1.85. The molecule has 0 bridgehead atoms. The summed E-state index contributed by atoms with van der Waals surface area (Å²) in [7, 11) is 1.60. The molecule has 1 aliphatic heterocycles. The molecule has 0 amide bonds. The molecule has 0 spiro atoms. The highest BCUT2D eigenvalue weighted by Gasteiger charge is 2.28. The number of carbonyl (C=O) groups is 1. The molecular weight excluding hydrogens is 222 g/mol. The summed E-state index contributed by atoms with van der Waals surface area (Å²) in [4.78, 5) is 10.7. The zero-order valence-corrected chi connectivity index (χ0v) is 9.77. The average molecular weight is 237 g/mol. The van der Waals surface area contributed by atoms with Crippen LogP contribution in [-0.4, -0.2) is 30.3 Å². The smallest absolute Gasteiger partial charge is 0.307 e. The van der Waals surface area contributed by atoms with Gasteiger partial charge in [-0.3, -0.25) is 4.79 Å². The quantitative estimate of drug-likeness (QED) is 0.838. The monoisotopic (exact) mass is 237 g/mol. The van der Waals surface area contributed by atoms with Gasteiger partial charge in [0.05, 0.1) is 25.3 Å². The molecule has 2 rings (SSSR count). The van der Waals surface area contributed by atoms with E-state index in [2.05, 4.69) is 5.32 Å². The maximum atomic E-state index is 10.7. The highest BCUT2D eigenvalue weighted by atomic mass is 16.5. The molecule has 2 unspecified atom stereocenters. The summed E-state index contributed by atoms with van der Waals surface area (Å²) in [5.74, 6) is 0.541. The van der Waals surface area contributed by atoms with Gasteiger partial charge in [0.25, 0.3) is 0 Å². The molecule has 0 fully saturated rings. The van der Waals surface area contributed by atoms with Crippen LogP contribution in [-0.2, 0) is 4.79 Å². The van der Waals surface area contributed by atoms with Gasteiger partial charge in [-0.05, 0) is 19.1 Å². The van der Waals surface area contributed by atoms with Crippen molar-refractivity contribution in [2.75, 3.05) is 12.4 Å². The minimum atomic E-state index is -0.861. The number of methoxy groups -OCH3 is 1. The number of nitrogens with one attached hydrogen (secondary N) is 1. The van der Waals surface area contributed by atoms with E-state index in [0.717, 1.165) is 11.4 Å². The maximum Gasteiger partial charge on any atom is 0.307 e. The molecular formula is C12H15NO4. The second-order valence-corrected chi connectivity index (χ2v) is 4.05. The first-order valence-electron chi connectivity index (χ1n) is 5.43. The minimum absolute atomic E-state index is 0.0143. The number of fused-ring (bicyclic) bond motifs is 1. The number of carboxylic acid groups (broad SMARTS) is 1. The highest BCUT2D eigenvalue weighted by Crippen LogP contribution is 2.35. The molecule has 92 valence electrons. The number of anilines is 1. The number of hydrogen-bond acceptors (Lipinski definition) is 4. The van der Waals surface area contributed by atoms with Gasteiger partial charge in [-0.15, -0.1) is 0 Å². The van der Waals surface area contributed by atoms with E-state index in [4.69, 9.17) is 14.6 Å². The molecule has 2 N–H and O–H groups in total. The normalized spacial score (nSPS) is 22.0. The Balaban J connectivity index is 2.20. The SMILES string of the molecule is COc1ccc2c(c1)NC(C)C(CC(=O)O)O2. The van der Waals surface area contributed by atoms with Crippen molar-refractivity contribution in [3.63, 3.8) is 0 Å². The topological polar surface area (TPSA) is 67.8 Å². The molecule has 0 saturated carbocycles. The first-order chi connectivity index (χ1) is 8.10. The number of aliphatic carboxylic acids is 1. The number of ether oxygens (including phenoxy) is 2. The molecule has 17 heavy (non-hydrogen) atoms. The van der Waals surface area contributed by atoms with Gasteiger partial charge in [-0.2, -0.15) is 0 Å². The van der Waals surface area contributed by atoms with E-state index < -0.39 is 5.97 Å². The lowest BCUT2D eigenvalue weighted by atomic mass is 10.1. The largest absolute Gasteiger partial charge is 0.497 e. The lowest BCUT2D eigenvalue weighted by molar-refractivity contribution is -0.139. The molecule has 1 aromatic rings. The van der Waals surface area contributed by atoms with E-state index in [1.807, 2.05) is 13.0 Å². The molecule has 5 nitrogen and oxygen atoms in total. The van der Waals surface area contributed by atoms with Crippen molar-refractivity contribution in [3.8, 4) is 11.5 Å². The molecule has 0 saturated heterocycles. The predicted molar refractivity (Wildman–Crippen MR) is 62.7 cm³/mol. The molecule has 1 aliphatic rings. The molecule has 1 aromatic carbocycles. The van der Waals surface area contributed by atoms with Crippen LogP contribution in [0.15, 0.2) is 18.2 Å². The third-order valence-electron chi connectivity index (χ3n) is 2.78. The van der Waals surface area contributed by atoms with Crippen molar-refractivity contribution in [1.82, 2.24) is 0 Å². The van der Waals surface area contributed by atoms with Crippen molar-refractivity contribution in [2.24, 2.45) is 0 Å². The minimum Gasteiger partial charge on any atom is -0.497 e.